The minimum atomic E-state index is -0.898. The van der Waals surface area contributed by atoms with Gasteiger partial charge in [-0.1, -0.05) is 41.9 Å². The molecule has 0 bridgehead atoms. The van der Waals surface area contributed by atoms with E-state index in [0.29, 0.717) is 29.7 Å². The van der Waals surface area contributed by atoms with Crippen molar-refractivity contribution in [2.75, 3.05) is 7.11 Å². The Hall–Kier alpha value is -2.41. The fraction of sp³-hybridized carbons (Fsp3) is 0.458. The second kappa shape index (κ2) is 9.39. The van der Waals surface area contributed by atoms with Crippen LogP contribution in [0.2, 0.25) is 0 Å². The van der Waals surface area contributed by atoms with Gasteiger partial charge in [0.15, 0.2) is 5.78 Å². The number of dihydropyridines is 1. The quantitative estimate of drug-likeness (QED) is 0.487. The maximum Gasteiger partial charge on any atom is 0.337 e. The summed E-state index contributed by atoms with van der Waals surface area (Å²) in [6, 6.07) is 7.52. The highest BCUT2D eigenvalue weighted by molar-refractivity contribution is 9.10. The van der Waals surface area contributed by atoms with Crippen molar-refractivity contribution in [2.24, 2.45) is 11.8 Å². The minimum Gasteiger partial charge on any atom is -0.468 e. The highest BCUT2D eigenvalue weighted by atomic mass is 79.9. The van der Waals surface area contributed by atoms with Gasteiger partial charge in [0.1, 0.15) is 5.92 Å². The maximum absolute atomic E-state index is 13.6. The summed E-state index contributed by atoms with van der Waals surface area (Å²) in [5.74, 6) is -3.05. The van der Waals surface area contributed by atoms with E-state index in [0.717, 1.165) is 15.7 Å². The zero-order chi connectivity index (χ0) is 22.9. The van der Waals surface area contributed by atoms with Gasteiger partial charge in [0, 0.05) is 27.4 Å². The van der Waals surface area contributed by atoms with E-state index in [-0.39, 0.29) is 17.8 Å². The van der Waals surface area contributed by atoms with Crippen LogP contribution in [-0.2, 0) is 23.9 Å². The Kier molecular flexibility index (Phi) is 7.04. The van der Waals surface area contributed by atoms with Gasteiger partial charge in [-0.3, -0.25) is 9.59 Å². The standard InChI is InChI=1S/C24H28BrNO5/c1-6-13(3)31-24(29)19-14(4)26-17-10-12(2)18(23(28)30-5)22(27)21(17)20(19)15-8-7-9-16(25)11-15/h7-9,11-13,18,20,26H,6,10H2,1-5H3/t12-,13+,18-,20+/m1/s1. The average molecular weight is 490 g/mol. The number of Topliss-reactive ketones (excluding diaryl/α,β-unsaturated/α-hetero) is 1. The van der Waals surface area contributed by atoms with E-state index in [1.54, 1.807) is 0 Å². The zero-order valence-corrected chi connectivity index (χ0v) is 20.0. The van der Waals surface area contributed by atoms with E-state index >= 15 is 0 Å². The fourth-order valence-corrected chi connectivity index (χ4v) is 4.72. The lowest BCUT2D eigenvalue weighted by Crippen LogP contribution is -2.43. The van der Waals surface area contributed by atoms with E-state index in [9.17, 15) is 14.4 Å². The number of halogens is 1. The second-order valence-corrected chi connectivity index (χ2v) is 9.13. The molecule has 6 nitrogen and oxygen atoms in total. The van der Waals surface area contributed by atoms with Gasteiger partial charge < -0.3 is 14.8 Å². The lowest BCUT2D eigenvalue weighted by atomic mass is 9.69. The first-order valence-corrected chi connectivity index (χ1v) is 11.3. The predicted octanol–water partition coefficient (Wildman–Crippen LogP) is 4.40. The van der Waals surface area contributed by atoms with Gasteiger partial charge in [0.05, 0.1) is 18.8 Å². The van der Waals surface area contributed by atoms with E-state index in [1.807, 2.05) is 52.0 Å². The molecule has 1 N–H and O–H groups in total. The molecule has 1 aliphatic carbocycles. The minimum absolute atomic E-state index is 0.212. The van der Waals surface area contributed by atoms with Crippen molar-refractivity contribution < 1.29 is 23.9 Å². The summed E-state index contributed by atoms with van der Waals surface area (Å²) in [6.45, 7) is 7.47. The first kappa shape index (κ1) is 23.3. The van der Waals surface area contributed by atoms with Crippen molar-refractivity contribution in [1.29, 1.82) is 0 Å². The van der Waals surface area contributed by atoms with Gasteiger partial charge >= 0.3 is 11.9 Å². The van der Waals surface area contributed by atoms with Crippen molar-refractivity contribution in [3.05, 3.63) is 56.8 Å². The van der Waals surface area contributed by atoms with Crippen LogP contribution < -0.4 is 5.32 Å². The molecular formula is C24H28BrNO5. The molecule has 2 aliphatic rings. The lowest BCUT2D eigenvalue weighted by molar-refractivity contribution is -0.151. The molecule has 166 valence electrons. The number of hydrogen-bond donors (Lipinski definition) is 1. The molecule has 0 spiro atoms. The van der Waals surface area contributed by atoms with Crippen LogP contribution in [0, 0.1) is 11.8 Å². The molecule has 0 saturated heterocycles. The topological polar surface area (TPSA) is 81.7 Å². The first-order chi connectivity index (χ1) is 14.7. The molecular weight excluding hydrogens is 462 g/mol. The SMILES string of the molecule is CC[C@H](C)OC(=O)C1=C(C)NC2=C(C(=O)[C@H](C(=O)OC)[C@H](C)C2)[C@H]1c1cccc(Br)c1. The molecule has 0 amide bonds. The molecule has 0 fully saturated rings. The largest absolute Gasteiger partial charge is 0.468 e. The van der Waals surface area contributed by atoms with Crippen molar-refractivity contribution in [1.82, 2.24) is 5.32 Å². The Bertz CT molecular complexity index is 980. The van der Waals surface area contributed by atoms with Gasteiger partial charge in [-0.25, -0.2) is 4.79 Å². The van der Waals surface area contributed by atoms with Gasteiger partial charge in [-0.15, -0.1) is 0 Å². The molecule has 7 heteroatoms. The Balaban J connectivity index is 2.17. The van der Waals surface area contributed by atoms with E-state index in [4.69, 9.17) is 9.47 Å². The molecule has 1 aromatic rings. The summed E-state index contributed by atoms with van der Waals surface area (Å²) < 4.78 is 11.4. The summed E-state index contributed by atoms with van der Waals surface area (Å²) in [5.41, 5.74) is 3.02. The molecule has 1 aromatic carbocycles. The van der Waals surface area contributed by atoms with E-state index in [1.165, 1.54) is 7.11 Å². The summed E-state index contributed by atoms with van der Waals surface area (Å²) in [6.07, 6.45) is 0.939. The number of ketones is 1. The molecule has 1 aliphatic heterocycles. The summed E-state index contributed by atoms with van der Waals surface area (Å²) >= 11 is 3.49. The predicted molar refractivity (Wildman–Crippen MR) is 120 cm³/mol. The molecule has 0 aromatic heterocycles. The Morgan fingerprint density at radius 2 is 2.03 bits per heavy atom. The number of esters is 2. The Morgan fingerprint density at radius 3 is 2.65 bits per heavy atom. The average Bonchev–Trinajstić information content (AvgIpc) is 2.72. The number of allylic oxidation sites excluding steroid dienone is 3. The fourth-order valence-electron chi connectivity index (χ4n) is 4.30. The monoisotopic (exact) mass is 489 g/mol. The van der Waals surface area contributed by atoms with Crippen LogP contribution in [0.1, 0.15) is 52.0 Å². The van der Waals surface area contributed by atoms with Gasteiger partial charge in [0.25, 0.3) is 0 Å². The second-order valence-electron chi connectivity index (χ2n) is 8.21. The molecule has 3 rings (SSSR count). The Labute approximate surface area is 191 Å². The van der Waals surface area contributed by atoms with Crippen LogP contribution >= 0.6 is 15.9 Å². The highest BCUT2D eigenvalue weighted by Gasteiger charge is 2.47. The number of carbonyl (C=O) groups is 3. The number of rotatable bonds is 5. The molecule has 0 radical (unpaired) electrons. The third kappa shape index (κ3) is 4.47. The van der Waals surface area contributed by atoms with Crippen LogP contribution in [0.3, 0.4) is 0 Å². The third-order valence-corrected chi connectivity index (χ3v) is 6.52. The first-order valence-electron chi connectivity index (χ1n) is 10.5. The normalized spacial score (nSPS) is 24.3. The van der Waals surface area contributed by atoms with Crippen LogP contribution in [0.5, 0.6) is 0 Å². The van der Waals surface area contributed by atoms with E-state index in [2.05, 4.69) is 21.2 Å². The molecule has 1 heterocycles. The number of methoxy groups -OCH3 is 1. The van der Waals surface area contributed by atoms with Crippen LogP contribution in [0.4, 0.5) is 0 Å². The van der Waals surface area contributed by atoms with Crippen molar-refractivity contribution in [3.8, 4) is 0 Å². The summed E-state index contributed by atoms with van der Waals surface area (Å²) in [7, 11) is 1.29. The van der Waals surface area contributed by atoms with Gasteiger partial charge in [-0.2, -0.15) is 0 Å². The summed E-state index contributed by atoms with van der Waals surface area (Å²) in [5, 5.41) is 3.27. The molecule has 0 saturated carbocycles. The van der Waals surface area contributed by atoms with Gasteiger partial charge in [0.2, 0.25) is 0 Å². The highest BCUT2D eigenvalue weighted by Crippen LogP contribution is 2.45. The number of carbonyl (C=O) groups excluding carboxylic acids is 3. The zero-order valence-electron chi connectivity index (χ0n) is 18.5. The number of benzene rings is 1. The maximum atomic E-state index is 13.6. The van der Waals surface area contributed by atoms with Gasteiger partial charge in [-0.05, 0) is 50.3 Å². The van der Waals surface area contributed by atoms with Crippen LogP contribution in [-0.4, -0.2) is 30.9 Å². The third-order valence-electron chi connectivity index (χ3n) is 6.03. The smallest absolute Gasteiger partial charge is 0.337 e. The number of ether oxygens (including phenoxy) is 2. The van der Waals surface area contributed by atoms with Crippen molar-refractivity contribution in [2.45, 2.75) is 52.6 Å². The van der Waals surface area contributed by atoms with Crippen LogP contribution in [0.25, 0.3) is 0 Å². The van der Waals surface area contributed by atoms with Crippen molar-refractivity contribution >= 4 is 33.7 Å². The number of hydrogen-bond acceptors (Lipinski definition) is 6. The molecule has 4 atom stereocenters. The Morgan fingerprint density at radius 1 is 1.32 bits per heavy atom. The van der Waals surface area contributed by atoms with Crippen LogP contribution in [0.15, 0.2) is 51.3 Å². The molecule has 0 unspecified atom stereocenters. The number of nitrogens with one attached hydrogen (secondary N) is 1. The lowest BCUT2D eigenvalue weighted by Gasteiger charge is -2.38. The molecule has 31 heavy (non-hydrogen) atoms. The summed E-state index contributed by atoms with van der Waals surface area (Å²) in [4.78, 5) is 39.2. The van der Waals surface area contributed by atoms with Crippen molar-refractivity contribution in [3.63, 3.8) is 0 Å². The van der Waals surface area contributed by atoms with E-state index < -0.39 is 23.8 Å².